The molecule has 3 atom stereocenters. The van der Waals surface area contributed by atoms with Gasteiger partial charge in [-0.15, -0.1) is 12.4 Å². The van der Waals surface area contributed by atoms with Crippen molar-refractivity contribution in [1.29, 1.82) is 5.26 Å². The molecule has 0 aliphatic carbocycles. The molecule has 0 bridgehead atoms. The third-order valence-corrected chi connectivity index (χ3v) is 9.58. The summed E-state index contributed by atoms with van der Waals surface area (Å²) in [5.41, 5.74) is 7.35. The van der Waals surface area contributed by atoms with E-state index in [1.165, 1.54) is 7.11 Å². The summed E-state index contributed by atoms with van der Waals surface area (Å²) < 4.78 is 17.1. The SMILES string of the molecule is COC(=O)[C@H](Cc1ccc(-c2ccc(C#N)cc2)cc1)NC(=O)C1Cc2cc3c(cc2CN1)O[C@@H](c1ccc(OCc2cccc(Cl)c2)cc1)C(=O)N3.Cl. The quantitative estimate of drug-likeness (QED) is 0.131. The number of ether oxygens (including phenoxy) is 3. The molecule has 0 aromatic heterocycles. The zero-order chi connectivity index (χ0) is 36.9. The third kappa shape index (κ3) is 8.67. The van der Waals surface area contributed by atoms with Crippen LogP contribution in [0.5, 0.6) is 11.5 Å². The number of amides is 2. The summed E-state index contributed by atoms with van der Waals surface area (Å²) in [7, 11) is 1.29. The average Bonchev–Trinajstić information content (AvgIpc) is 3.19. The first kappa shape index (κ1) is 37.9. The van der Waals surface area contributed by atoms with Crippen molar-refractivity contribution in [2.75, 3.05) is 12.4 Å². The fourth-order valence-corrected chi connectivity index (χ4v) is 6.68. The zero-order valence-corrected chi connectivity index (χ0v) is 30.7. The first-order valence-corrected chi connectivity index (χ1v) is 17.5. The predicted octanol–water partition coefficient (Wildman–Crippen LogP) is 6.87. The van der Waals surface area contributed by atoms with Gasteiger partial charge in [0, 0.05) is 23.6 Å². The van der Waals surface area contributed by atoms with Gasteiger partial charge in [-0.1, -0.05) is 72.3 Å². The third-order valence-electron chi connectivity index (χ3n) is 9.34. The Morgan fingerprint density at radius 2 is 1.67 bits per heavy atom. The summed E-state index contributed by atoms with van der Waals surface area (Å²) in [5.74, 6) is -0.00148. The highest BCUT2D eigenvalue weighted by atomic mass is 35.5. The second-order valence-electron chi connectivity index (χ2n) is 12.9. The smallest absolute Gasteiger partial charge is 0.328 e. The summed E-state index contributed by atoms with van der Waals surface area (Å²) >= 11 is 6.07. The molecular formula is C42H36Cl2N4O6. The number of rotatable bonds is 10. The van der Waals surface area contributed by atoms with Crippen molar-refractivity contribution in [3.8, 4) is 28.7 Å². The van der Waals surface area contributed by atoms with E-state index in [9.17, 15) is 14.4 Å². The standard InChI is InChI=1S/C42H35ClN4O6.ClH/c1-51-42(50)37(18-25-5-9-28(10-6-25)29-11-7-26(22-44)8-12-29)47-40(48)36-20-31-19-35-38(21-32(31)23-45-36)53-39(41(49)46-35)30-13-15-34(16-14-30)52-24-27-3-2-4-33(43)17-27;/h2-17,19,21,36-37,39,45H,18,20,23-24H2,1H3,(H,46,49)(H,47,48);1H/t36?,37-,39-;/m0./s1. The molecular weight excluding hydrogens is 727 g/mol. The van der Waals surface area contributed by atoms with E-state index in [-0.39, 0.29) is 30.6 Å². The maximum absolute atomic E-state index is 13.5. The van der Waals surface area contributed by atoms with E-state index in [2.05, 4.69) is 22.0 Å². The van der Waals surface area contributed by atoms with Crippen molar-refractivity contribution < 1.29 is 28.6 Å². The maximum atomic E-state index is 13.5. The molecule has 3 N–H and O–H groups in total. The fraction of sp³-hybridized carbons (Fsp3) is 0.190. The Morgan fingerprint density at radius 3 is 2.35 bits per heavy atom. The second-order valence-corrected chi connectivity index (χ2v) is 13.3. The van der Waals surface area contributed by atoms with Crippen molar-refractivity contribution in [3.05, 3.63) is 148 Å². The molecule has 0 fully saturated rings. The highest BCUT2D eigenvalue weighted by Gasteiger charge is 2.33. The van der Waals surface area contributed by atoms with Crippen molar-refractivity contribution in [2.45, 2.75) is 44.2 Å². The van der Waals surface area contributed by atoms with Gasteiger partial charge in [-0.05, 0) is 88.3 Å². The molecule has 2 aliphatic rings. The summed E-state index contributed by atoms with van der Waals surface area (Å²) in [6.45, 7) is 0.750. The lowest BCUT2D eigenvalue weighted by molar-refractivity contribution is -0.145. The van der Waals surface area contributed by atoms with Gasteiger partial charge in [-0.2, -0.15) is 5.26 Å². The number of fused-ring (bicyclic) bond motifs is 2. The van der Waals surface area contributed by atoms with E-state index in [0.29, 0.717) is 52.9 Å². The number of nitrogens with zero attached hydrogens (tertiary/aromatic N) is 1. The van der Waals surface area contributed by atoms with Crippen LogP contribution in [0.1, 0.15) is 39.5 Å². The normalized spacial score (nSPS) is 16.1. The van der Waals surface area contributed by atoms with Crippen LogP contribution in [-0.2, 0) is 45.1 Å². The maximum Gasteiger partial charge on any atom is 0.328 e. The average molecular weight is 764 g/mol. The molecule has 0 saturated heterocycles. The minimum absolute atomic E-state index is 0. The number of hydrogen-bond acceptors (Lipinski definition) is 8. The molecule has 7 rings (SSSR count). The van der Waals surface area contributed by atoms with E-state index >= 15 is 0 Å². The molecule has 0 radical (unpaired) electrons. The van der Waals surface area contributed by atoms with E-state index in [0.717, 1.165) is 33.4 Å². The number of anilines is 1. The summed E-state index contributed by atoms with van der Waals surface area (Å²) in [5, 5.41) is 18.8. The van der Waals surface area contributed by atoms with E-state index in [1.807, 2.05) is 72.8 Å². The van der Waals surface area contributed by atoms with Crippen LogP contribution < -0.4 is 25.4 Å². The Balaban J connectivity index is 0.00000497. The van der Waals surface area contributed by atoms with Gasteiger partial charge in [-0.3, -0.25) is 9.59 Å². The molecule has 1 unspecified atom stereocenters. The van der Waals surface area contributed by atoms with Gasteiger partial charge in [0.15, 0.2) is 0 Å². The summed E-state index contributed by atoms with van der Waals surface area (Å²) in [4.78, 5) is 39.5. The van der Waals surface area contributed by atoms with Crippen molar-refractivity contribution in [1.82, 2.24) is 10.6 Å². The summed E-state index contributed by atoms with van der Waals surface area (Å²) in [6, 6.07) is 34.0. The van der Waals surface area contributed by atoms with Gasteiger partial charge in [0.1, 0.15) is 24.1 Å². The highest BCUT2D eigenvalue weighted by molar-refractivity contribution is 6.30. The Hall–Kier alpha value is -5.86. The zero-order valence-electron chi connectivity index (χ0n) is 29.1. The van der Waals surface area contributed by atoms with Crippen LogP contribution in [-0.4, -0.2) is 37.0 Å². The van der Waals surface area contributed by atoms with Gasteiger partial charge < -0.3 is 30.2 Å². The fourth-order valence-electron chi connectivity index (χ4n) is 6.47. The number of carbonyl (C=O) groups excluding carboxylic acids is 3. The van der Waals surface area contributed by atoms with Crippen LogP contribution in [0.3, 0.4) is 0 Å². The van der Waals surface area contributed by atoms with Crippen molar-refractivity contribution in [2.24, 2.45) is 0 Å². The van der Waals surface area contributed by atoms with Crippen LogP contribution in [0.15, 0.2) is 109 Å². The number of esters is 1. The number of hydrogen-bond donors (Lipinski definition) is 3. The molecule has 10 nitrogen and oxygen atoms in total. The van der Waals surface area contributed by atoms with Crippen LogP contribution in [0.2, 0.25) is 5.02 Å². The minimum Gasteiger partial charge on any atom is -0.489 e. The van der Waals surface area contributed by atoms with Gasteiger partial charge in [0.2, 0.25) is 12.0 Å². The van der Waals surface area contributed by atoms with Crippen LogP contribution in [0.4, 0.5) is 5.69 Å². The lowest BCUT2D eigenvalue weighted by Gasteiger charge is -2.31. The lowest BCUT2D eigenvalue weighted by Crippen LogP contribution is -2.53. The number of benzene rings is 5. The molecule has 54 heavy (non-hydrogen) atoms. The number of halogens is 2. The van der Waals surface area contributed by atoms with Crippen molar-refractivity contribution in [3.63, 3.8) is 0 Å². The molecule has 0 saturated carbocycles. The molecule has 5 aromatic carbocycles. The monoisotopic (exact) mass is 762 g/mol. The number of nitriles is 1. The Bertz CT molecular complexity index is 2210. The molecule has 2 heterocycles. The lowest BCUT2D eigenvalue weighted by atomic mass is 9.93. The van der Waals surface area contributed by atoms with E-state index < -0.39 is 24.2 Å². The van der Waals surface area contributed by atoms with Crippen molar-refractivity contribution >= 4 is 47.5 Å². The van der Waals surface area contributed by atoms with Crippen LogP contribution in [0.25, 0.3) is 11.1 Å². The highest BCUT2D eigenvalue weighted by Crippen LogP contribution is 2.38. The molecule has 274 valence electrons. The molecule has 2 aliphatic heterocycles. The van der Waals surface area contributed by atoms with Gasteiger partial charge >= 0.3 is 5.97 Å². The number of carbonyl (C=O) groups is 3. The number of nitrogens with one attached hydrogen (secondary N) is 3. The number of methoxy groups -OCH3 is 1. The molecule has 12 heteroatoms. The summed E-state index contributed by atoms with van der Waals surface area (Å²) in [6.07, 6.45) is -0.260. The Labute approximate surface area is 323 Å². The van der Waals surface area contributed by atoms with Crippen LogP contribution in [0, 0.1) is 11.3 Å². The first-order valence-electron chi connectivity index (χ1n) is 17.1. The molecule has 2 amide bonds. The van der Waals surface area contributed by atoms with E-state index in [1.54, 1.807) is 36.4 Å². The minimum atomic E-state index is -0.895. The van der Waals surface area contributed by atoms with Gasteiger partial charge in [-0.25, -0.2) is 4.79 Å². The van der Waals surface area contributed by atoms with Gasteiger partial charge in [0.25, 0.3) is 5.91 Å². The van der Waals surface area contributed by atoms with Crippen LogP contribution >= 0.6 is 24.0 Å². The van der Waals surface area contributed by atoms with Gasteiger partial charge in [0.05, 0.1) is 30.5 Å². The predicted molar refractivity (Wildman–Crippen MR) is 206 cm³/mol. The molecule has 0 spiro atoms. The second kappa shape index (κ2) is 16.9. The Kier molecular flexibility index (Phi) is 11.8. The first-order chi connectivity index (χ1) is 25.8. The Morgan fingerprint density at radius 1 is 0.944 bits per heavy atom. The largest absolute Gasteiger partial charge is 0.489 e. The topological polar surface area (TPSA) is 139 Å². The molecule has 5 aromatic rings. The van der Waals surface area contributed by atoms with E-state index in [4.69, 9.17) is 31.1 Å².